The zero-order valence-corrected chi connectivity index (χ0v) is 18.9. The van der Waals surface area contributed by atoms with E-state index in [0.29, 0.717) is 13.2 Å². The van der Waals surface area contributed by atoms with Crippen molar-refractivity contribution in [1.29, 1.82) is 0 Å². The Morgan fingerprint density at radius 3 is 2.68 bits per heavy atom. The summed E-state index contributed by atoms with van der Waals surface area (Å²) < 4.78 is 7.76. The molecule has 2 aliphatic rings. The Morgan fingerprint density at radius 1 is 1.19 bits per heavy atom. The van der Waals surface area contributed by atoms with Gasteiger partial charge >= 0.3 is 0 Å². The average molecular weight is 427 g/mol. The molecule has 9 heteroatoms. The van der Waals surface area contributed by atoms with Gasteiger partial charge in [-0.3, -0.25) is 9.67 Å². The Hall–Kier alpha value is -2.65. The van der Waals surface area contributed by atoms with Crippen LogP contribution in [0.15, 0.2) is 35.7 Å². The average Bonchev–Trinajstić information content (AvgIpc) is 3.26. The zero-order chi connectivity index (χ0) is 21.6. The van der Waals surface area contributed by atoms with Crippen LogP contribution in [0.5, 0.6) is 0 Å². The monoisotopic (exact) mass is 426 g/mol. The van der Waals surface area contributed by atoms with Crippen molar-refractivity contribution in [1.82, 2.24) is 29.9 Å². The van der Waals surface area contributed by atoms with Crippen LogP contribution in [0.4, 0.5) is 5.82 Å². The first kappa shape index (κ1) is 21.6. The van der Waals surface area contributed by atoms with Gasteiger partial charge in [-0.25, -0.2) is 4.98 Å². The van der Waals surface area contributed by atoms with Crippen molar-refractivity contribution in [2.24, 2.45) is 12.0 Å². The van der Waals surface area contributed by atoms with Gasteiger partial charge in [0, 0.05) is 71.3 Å². The first-order valence-corrected chi connectivity index (χ1v) is 11.1. The van der Waals surface area contributed by atoms with Crippen molar-refractivity contribution in [2.75, 3.05) is 64.4 Å². The molecule has 2 fully saturated rings. The second kappa shape index (κ2) is 10.1. The van der Waals surface area contributed by atoms with Gasteiger partial charge in [-0.2, -0.15) is 5.10 Å². The van der Waals surface area contributed by atoms with Crippen LogP contribution in [0.3, 0.4) is 0 Å². The Bertz CT molecular complexity index is 857. The van der Waals surface area contributed by atoms with Gasteiger partial charge in [-0.1, -0.05) is 13.0 Å². The number of anilines is 1. The van der Waals surface area contributed by atoms with Crippen LogP contribution >= 0.6 is 0 Å². The molecule has 0 aromatic carbocycles. The minimum atomic E-state index is 0.00938. The number of nitrogens with zero attached hydrogens (tertiary/aromatic N) is 7. The maximum Gasteiger partial charge on any atom is 0.194 e. The molecule has 1 atom stereocenters. The minimum Gasteiger partial charge on any atom is -0.370 e. The number of morpholine rings is 1. The fourth-order valence-electron chi connectivity index (χ4n) is 4.16. The lowest BCUT2D eigenvalue weighted by Gasteiger charge is -2.35. The predicted molar refractivity (Wildman–Crippen MR) is 122 cm³/mol. The molecule has 31 heavy (non-hydrogen) atoms. The molecule has 4 rings (SSSR count). The largest absolute Gasteiger partial charge is 0.370 e. The SMILES string of the molecule is CCN1CCN(c2ccc(CNC(=NC)N3CCOC(c4cnn(C)c4)C3)cn2)CC1. The number of rotatable bonds is 5. The lowest BCUT2D eigenvalue weighted by atomic mass is 10.1. The Kier molecular flexibility index (Phi) is 7.03. The summed E-state index contributed by atoms with van der Waals surface area (Å²) in [4.78, 5) is 16.3. The number of aromatic nitrogens is 3. The number of likely N-dealkylation sites (N-methyl/N-ethyl adjacent to an activating group) is 1. The molecule has 9 nitrogen and oxygen atoms in total. The van der Waals surface area contributed by atoms with Crippen LogP contribution in [0, 0.1) is 0 Å². The summed E-state index contributed by atoms with van der Waals surface area (Å²) in [6, 6.07) is 4.29. The normalized spacial score (nSPS) is 20.9. The highest BCUT2D eigenvalue weighted by Crippen LogP contribution is 2.21. The van der Waals surface area contributed by atoms with Gasteiger partial charge in [-0.15, -0.1) is 0 Å². The first-order chi connectivity index (χ1) is 15.2. The number of aryl methyl sites for hydroxylation is 1. The second-order valence-corrected chi connectivity index (χ2v) is 8.10. The Labute approximate surface area is 184 Å². The third kappa shape index (κ3) is 5.34. The molecular formula is C22H34N8O. The first-order valence-electron chi connectivity index (χ1n) is 11.1. The van der Waals surface area contributed by atoms with E-state index in [1.807, 2.05) is 37.4 Å². The van der Waals surface area contributed by atoms with Crippen LogP contribution in [0.1, 0.15) is 24.2 Å². The summed E-state index contributed by atoms with van der Waals surface area (Å²) in [7, 11) is 3.75. The molecule has 2 saturated heterocycles. The number of hydrogen-bond acceptors (Lipinski definition) is 6. The summed E-state index contributed by atoms with van der Waals surface area (Å²) in [6.07, 6.45) is 5.87. The van der Waals surface area contributed by atoms with Gasteiger partial charge in [0.05, 0.1) is 19.3 Å². The number of nitrogens with one attached hydrogen (secondary N) is 1. The molecule has 0 aliphatic carbocycles. The summed E-state index contributed by atoms with van der Waals surface area (Å²) in [6.45, 7) is 10.6. The lowest BCUT2D eigenvalue weighted by Crippen LogP contribution is -2.48. The van der Waals surface area contributed by atoms with Crippen LogP contribution < -0.4 is 10.2 Å². The molecule has 4 heterocycles. The number of guanidine groups is 1. The van der Waals surface area contributed by atoms with E-state index in [1.54, 1.807) is 0 Å². The molecule has 2 aliphatic heterocycles. The highest BCUT2D eigenvalue weighted by Gasteiger charge is 2.25. The highest BCUT2D eigenvalue weighted by molar-refractivity contribution is 5.80. The van der Waals surface area contributed by atoms with Crippen LogP contribution in [0.25, 0.3) is 0 Å². The van der Waals surface area contributed by atoms with Crippen molar-refractivity contribution in [3.8, 4) is 0 Å². The van der Waals surface area contributed by atoms with E-state index < -0.39 is 0 Å². The fraction of sp³-hybridized carbons (Fsp3) is 0.591. The summed E-state index contributed by atoms with van der Waals surface area (Å²) in [5.41, 5.74) is 2.25. The number of hydrogen-bond donors (Lipinski definition) is 1. The van der Waals surface area contributed by atoms with Crippen LogP contribution in [-0.4, -0.2) is 90.0 Å². The maximum atomic E-state index is 5.95. The fourth-order valence-corrected chi connectivity index (χ4v) is 4.16. The van der Waals surface area contributed by atoms with Crippen molar-refractivity contribution < 1.29 is 4.74 Å². The van der Waals surface area contributed by atoms with E-state index in [0.717, 1.165) is 68.7 Å². The lowest BCUT2D eigenvalue weighted by molar-refractivity contribution is -0.00805. The number of aliphatic imine (C=N–C) groups is 1. The zero-order valence-electron chi connectivity index (χ0n) is 18.9. The van der Waals surface area contributed by atoms with Crippen molar-refractivity contribution >= 4 is 11.8 Å². The van der Waals surface area contributed by atoms with Crippen molar-refractivity contribution in [3.05, 3.63) is 41.9 Å². The minimum absolute atomic E-state index is 0.00938. The highest BCUT2D eigenvalue weighted by atomic mass is 16.5. The molecular weight excluding hydrogens is 392 g/mol. The van der Waals surface area contributed by atoms with Crippen LogP contribution in [0.2, 0.25) is 0 Å². The molecule has 168 valence electrons. The number of pyridine rings is 1. The van der Waals surface area contributed by atoms with Crippen molar-refractivity contribution in [3.63, 3.8) is 0 Å². The van der Waals surface area contributed by atoms with Gasteiger partial charge in [0.2, 0.25) is 0 Å². The molecule has 0 radical (unpaired) electrons. The molecule has 0 spiro atoms. The van der Waals surface area contributed by atoms with E-state index in [9.17, 15) is 0 Å². The molecule has 0 amide bonds. The van der Waals surface area contributed by atoms with Gasteiger partial charge in [0.15, 0.2) is 5.96 Å². The van der Waals surface area contributed by atoms with Gasteiger partial charge in [-0.05, 0) is 18.2 Å². The second-order valence-electron chi connectivity index (χ2n) is 8.10. The maximum absolute atomic E-state index is 5.95. The molecule has 2 aromatic heterocycles. The van der Waals surface area contributed by atoms with E-state index in [2.05, 4.69) is 49.2 Å². The number of piperazine rings is 1. The van der Waals surface area contributed by atoms with E-state index in [4.69, 9.17) is 9.72 Å². The molecule has 0 saturated carbocycles. The topological polar surface area (TPSA) is 74.1 Å². The summed E-state index contributed by atoms with van der Waals surface area (Å²) in [5, 5.41) is 7.75. The smallest absolute Gasteiger partial charge is 0.194 e. The Morgan fingerprint density at radius 2 is 2.03 bits per heavy atom. The van der Waals surface area contributed by atoms with E-state index >= 15 is 0 Å². The number of ether oxygens (including phenoxy) is 1. The molecule has 1 N–H and O–H groups in total. The third-order valence-electron chi connectivity index (χ3n) is 6.08. The van der Waals surface area contributed by atoms with Gasteiger partial charge in [0.25, 0.3) is 0 Å². The van der Waals surface area contributed by atoms with E-state index in [1.165, 1.54) is 0 Å². The van der Waals surface area contributed by atoms with Gasteiger partial charge < -0.3 is 24.8 Å². The van der Waals surface area contributed by atoms with Crippen LogP contribution in [-0.2, 0) is 18.3 Å². The molecule has 1 unspecified atom stereocenters. The predicted octanol–water partition coefficient (Wildman–Crippen LogP) is 1.11. The summed E-state index contributed by atoms with van der Waals surface area (Å²) in [5.74, 6) is 1.95. The van der Waals surface area contributed by atoms with E-state index in [-0.39, 0.29) is 6.10 Å². The van der Waals surface area contributed by atoms with Crippen molar-refractivity contribution in [2.45, 2.75) is 19.6 Å². The third-order valence-corrected chi connectivity index (χ3v) is 6.08. The Balaban J connectivity index is 1.30. The quantitative estimate of drug-likeness (QED) is 0.567. The molecule has 2 aromatic rings. The summed E-state index contributed by atoms with van der Waals surface area (Å²) >= 11 is 0. The standard InChI is InChI=1S/C22H34N8O/c1-4-28-7-9-29(10-8-28)21-6-5-18(13-24-21)14-25-22(23-2)30-11-12-31-20(17-30)19-15-26-27(3)16-19/h5-6,13,15-16,20H,4,7-12,14,17H2,1-3H3,(H,23,25). The van der Waals surface area contributed by atoms with Gasteiger partial charge in [0.1, 0.15) is 11.9 Å². The molecule has 0 bridgehead atoms.